The molecule has 1 saturated heterocycles. The highest BCUT2D eigenvalue weighted by molar-refractivity contribution is 7.22. The van der Waals surface area contributed by atoms with Gasteiger partial charge >= 0.3 is 5.91 Å². The van der Waals surface area contributed by atoms with E-state index in [9.17, 15) is 19.1 Å². The van der Waals surface area contributed by atoms with Crippen molar-refractivity contribution in [3.63, 3.8) is 0 Å². The molecule has 176 valence electrons. The van der Waals surface area contributed by atoms with Crippen molar-refractivity contribution in [3.05, 3.63) is 88.5 Å². The van der Waals surface area contributed by atoms with Gasteiger partial charge in [-0.25, -0.2) is 9.37 Å². The molecule has 1 unspecified atom stereocenters. The molecular formula is C25H17ClFN3O4S. The molecule has 0 bridgehead atoms. The van der Waals surface area contributed by atoms with Crippen molar-refractivity contribution in [2.45, 2.75) is 13.0 Å². The van der Waals surface area contributed by atoms with E-state index in [0.29, 0.717) is 33.7 Å². The maximum absolute atomic E-state index is 14.0. The lowest BCUT2D eigenvalue weighted by molar-refractivity contribution is -0.132. The lowest BCUT2D eigenvalue weighted by Crippen LogP contribution is -2.29. The number of hydrogen-bond donors (Lipinski definition) is 1. The van der Waals surface area contributed by atoms with Gasteiger partial charge in [0, 0.05) is 18.0 Å². The van der Waals surface area contributed by atoms with Crippen LogP contribution in [0.1, 0.15) is 24.1 Å². The molecule has 0 spiro atoms. The predicted molar refractivity (Wildman–Crippen MR) is 131 cm³/mol. The maximum atomic E-state index is 14.0. The van der Waals surface area contributed by atoms with E-state index >= 15 is 0 Å². The molecule has 7 nitrogen and oxygen atoms in total. The van der Waals surface area contributed by atoms with E-state index in [1.807, 2.05) is 6.92 Å². The molecule has 0 aliphatic carbocycles. The van der Waals surface area contributed by atoms with Crippen LogP contribution in [0.4, 0.5) is 9.52 Å². The summed E-state index contributed by atoms with van der Waals surface area (Å²) < 4.78 is 20.0. The van der Waals surface area contributed by atoms with Crippen molar-refractivity contribution in [2.75, 3.05) is 11.5 Å². The number of fused-ring (bicyclic) bond motifs is 1. The lowest BCUT2D eigenvalue weighted by atomic mass is 9.96. The van der Waals surface area contributed by atoms with E-state index in [-0.39, 0.29) is 21.5 Å². The van der Waals surface area contributed by atoms with Gasteiger partial charge in [-0.1, -0.05) is 41.1 Å². The molecule has 1 amide bonds. The highest BCUT2D eigenvalue weighted by Gasteiger charge is 2.48. The zero-order chi connectivity index (χ0) is 24.7. The molecule has 0 saturated carbocycles. The number of carbonyl (C=O) groups is 2. The molecule has 35 heavy (non-hydrogen) atoms. The van der Waals surface area contributed by atoms with Gasteiger partial charge in [-0.2, -0.15) is 0 Å². The second-order valence-corrected chi connectivity index (χ2v) is 9.06. The number of aromatic nitrogens is 2. The maximum Gasteiger partial charge on any atom is 0.301 e. The van der Waals surface area contributed by atoms with Crippen molar-refractivity contribution in [1.82, 2.24) is 9.97 Å². The van der Waals surface area contributed by atoms with Gasteiger partial charge in [-0.3, -0.25) is 19.5 Å². The Bertz CT molecular complexity index is 1470. The number of carbonyl (C=O) groups excluding carboxylic acids is 2. The zero-order valence-corrected chi connectivity index (χ0v) is 19.8. The monoisotopic (exact) mass is 509 g/mol. The molecule has 2 aromatic heterocycles. The van der Waals surface area contributed by atoms with E-state index in [4.69, 9.17) is 16.3 Å². The number of ether oxygens (including phenoxy) is 1. The third kappa shape index (κ3) is 4.02. The van der Waals surface area contributed by atoms with Crippen LogP contribution in [-0.4, -0.2) is 33.4 Å². The Morgan fingerprint density at radius 2 is 2.06 bits per heavy atom. The molecule has 4 aromatic rings. The van der Waals surface area contributed by atoms with Gasteiger partial charge in [0.2, 0.25) is 0 Å². The van der Waals surface area contributed by atoms with E-state index in [1.165, 1.54) is 23.2 Å². The summed E-state index contributed by atoms with van der Waals surface area (Å²) in [6.07, 6.45) is 3.07. The minimum Gasteiger partial charge on any atom is -0.507 e. The predicted octanol–water partition coefficient (Wildman–Crippen LogP) is 5.51. The van der Waals surface area contributed by atoms with Crippen LogP contribution in [0.25, 0.3) is 16.0 Å². The fraction of sp³-hybridized carbons (Fsp3) is 0.120. The number of ketones is 1. The molecule has 3 heterocycles. The highest BCUT2D eigenvalue weighted by Crippen LogP contribution is 2.44. The Balaban J connectivity index is 1.70. The van der Waals surface area contributed by atoms with Gasteiger partial charge in [-0.15, -0.1) is 0 Å². The van der Waals surface area contributed by atoms with Crippen LogP contribution in [0.2, 0.25) is 5.02 Å². The van der Waals surface area contributed by atoms with Crippen LogP contribution < -0.4 is 9.64 Å². The molecule has 1 aliphatic heterocycles. The normalized spacial score (nSPS) is 17.3. The number of anilines is 1. The molecule has 2 aromatic carbocycles. The number of hydrogen-bond acceptors (Lipinski definition) is 7. The number of aliphatic hydroxyl groups is 1. The average molecular weight is 510 g/mol. The van der Waals surface area contributed by atoms with Gasteiger partial charge in [0.05, 0.1) is 33.5 Å². The minimum absolute atomic E-state index is 0.102. The fourth-order valence-electron chi connectivity index (χ4n) is 3.95. The zero-order valence-electron chi connectivity index (χ0n) is 18.2. The Morgan fingerprint density at radius 1 is 1.23 bits per heavy atom. The van der Waals surface area contributed by atoms with Crippen LogP contribution in [0.15, 0.2) is 66.5 Å². The molecule has 1 aliphatic rings. The van der Waals surface area contributed by atoms with Crippen LogP contribution in [0, 0.1) is 5.82 Å². The summed E-state index contributed by atoms with van der Waals surface area (Å²) in [7, 11) is 0. The summed E-state index contributed by atoms with van der Waals surface area (Å²) in [5, 5.41) is 11.3. The number of Topliss-reactive ketones (excluding diaryl/α,β-unsaturated/α-hetero) is 1. The quantitative estimate of drug-likeness (QED) is 0.217. The second kappa shape index (κ2) is 9.09. The summed E-state index contributed by atoms with van der Waals surface area (Å²) in [6, 6.07) is 11.6. The van der Waals surface area contributed by atoms with Crippen LogP contribution in [0.5, 0.6) is 5.75 Å². The van der Waals surface area contributed by atoms with Gasteiger partial charge in [-0.05, 0) is 42.8 Å². The molecule has 0 radical (unpaired) electrons. The Kier molecular flexibility index (Phi) is 5.96. The fourth-order valence-corrected chi connectivity index (χ4v) is 5.11. The lowest BCUT2D eigenvalue weighted by Gasteiger charge is -2.22. The number of nitrogens with zero attached hydrogens (tertiary/aromatic N) is 3. The van der Waals surface area contributed by atoms with Gasteiger partial charge in [0.15, 0.2) is 5.13 Å². The van der Waals surface area contributed by atoms with E-state index in [1.54, 1.807) is 42.6 Å². The van der Waals surface area contributed by atoms with Crippen LogP contribution in [-0.2, 0) is 9.59 Å². The van der Waals surface area contributed by atoms with Gasteiger partial charge < -0.3 is 9.84 Å². The first-order valence-electron chi connectivity index (χ1n) is 10.6. The Hall–Kier alpha value is -3.82. The number of pyridine rings is 1. The van der Waals surface area contributed by atoms with E-state index in [0.717, 1.165) is 11.3 Å². The smallest absolute Gasteiger partial charge is 0.301 e. The molecular weight excluding hydrogens is 493 g/mol. The first-order chi connectivity index (χ1) is 16.9. The highest BCUT2D eigenvalue weighted by atomic mass is 35.5. The van der Waals surface area contributed by atoms with Gasteiger partial charge in [0.1, 0.15) is 17.3 Å². The largest absolute Gasteiger partial charge is 0.507 e. The number of rotatable bonds is 5. The van der Waals surface area contributed by atoms with Crippen LogP contribution in [0.3, 0.4) is 0 Å². The minimum atomic E-state index is -1.000. The molecule has 1 atom stereocenters. The number of halogens is 2. The molecule has 10 heteroatoms. The average Bonchev–Trinajstić information content (AvgIpc) is 3.37. The molecule has 5 rings (SSSR count). The van der Waals surface area contributed by atoms with Gasteiger partial charge in [0.25, 0.3) is 5.78 Å². The Morgan fingerprint density at radius 3 is 2.80 bits per heavy atom. The van der Waals surface area contributed by atoms with Crippen molar-refractivity contribution in [2.24, 2.45) is 0 Å². The van der Waals surface area contributed by atoms with Crippen molar-refractivity contribution in [1.29, 1.82) is 0 Å². The van der Waals surface area contributed by atoms with E-state index < -0.39 is 23.5 Å². The first-order valence-corrected chi connectivity index (χ1v) is 11.8. The third-order valence-electron chi connectivity index (χ3n) is 5.49. The number of benzene rings is 2. The number of aliphatic hydroxyl groups excluding tert-OH is 1. The number of amides is 1. The molecule has 1 fully saturated rings. The van der Waals surface area contributed by atoms with Crippen molar-refractivity contribution >= 4 is 55.7 Å². The Labute approximate surface area is 208 Å². The topological polar surface area (TPSA) is 92.6 Å². The SMILES string of the molecule is CCOc1cccc(/C(O)=C2\C(=O)C(=O)N(c3nc4cc(Cl)c(F)cc4s3)C2c2cccnc2)c1. The summed E-state index contributed by atoms with van der Waals surface area (Å²) in [6.45, 7) is 2.25. The van der Waals surface area contributed by atoms with Crippen molar-refractivity contribution < 1.29 is 23.8 Å². The standard InChI is InChI=1S/C25H17ClFN3O4S/c1-2-34-15-7-3-5-13(9-15)22(31)20-21(14-6-4-8-28-12-14)30(24(33)23(20)32)25-29-18-10-16(26)17(27)11-19(18)35-25/h3-12,21,31H,2H2,1H3/b22-20+. The number of thiazole rings is 1. The summed E-state index contributed by atoms with van der Waals surface area (Å²) in [4.78, 5) is 36.3. The summed E-state index contributed by atoms with van der Waals surface area (Å²) in [5.74, 6) is -2.20. The van der Waals surface area contributed by atoms with Crippen molar-refractivity contribution in [3.8, 4) is 5.75 Å². The summed E-state index contributed by atoms with van der Waals surface area (Å²) >= 11 is 6.94. The third-order valence-corrected chi connectivity index (χ3v) is 6.80. The molecule has 1 N–H and O–H groups in total. The van der Waals surface area contributed by atoms with E-state index in [2.05, 4.69) is 9.97 Å². The second-order valence-electron chi connectivity index (χ2n) is 7.65. The first kappa shape index (κ1) is 22.9. The van der Waals surface area contributed by atoms with Crippen LogP contribution >= 0.6 is 22.9 Å². The summed E-state index contributed by atoms with van der Waals surface area (Å²) in [5.41, 5.74) is 1.09.